The van der Waals surface area contributed by atoms with Crippen molar-refractivity contribution in [3.63, 3.8) is 0 Å². The highest BCUT2D eigenvalue weighted by atomic mass is 16.4. The zero-order valence-corrected chi connectivity index (χ0v) is 11.6. The molecule has 0 saturated carbocycles. The maximum absolute atomic E-state index is 12.5. The molecule has 0 spiro atoms. The van der Waals surface area contributed by atoms with E-state index in [1.54, 1.807) is 17.8 Å². The van der Waals surface area contributed by atoms with Crippen molar-refractivity contribution < 1.29 is 19.5 Å². The van der Waals surface area contributed by atoms with Gasteiger partial charge in [0.2, 0.25) is 0 Å². The third-order valence-corrected chi connectivity index (χ3v) is 3.68. The fraction of sp³-hybridized carbons (Fsp3) is 0.500. The molecule has 0 bridgehead atoms. The van der Waals surface area contributed by atoms with E-state index in [9.17, 15) is 19.5 Å². The number of nitrogens with zero attached hydrogens (tertiary/aromatic N) is 2. The molecule has 0 aliphatic carbocycles. The lowest BCUT2D eigenvalue weighted by atomic mass is 10.0. The first-order chi connectivity index (χ1) is 9.41. The third-order valence-electron chi connectivity index (χ3n) is 3.68. The second kappa shape index (κ2) is 5.48. The van der Waals surface area contributed by atoms with Crippen LogP contribution in [0.5, 0.6) is 0 Å². The molecule has 1 N–H and O–H groups in total. The Balaban J connectivity index is 2.29. The van der Waals surface area contributed by atoms with E-state index in [-0.39, 0.29) is 11.7 Å². The van der Waals surface area contributed by atoms with Crippen LogP contribution in [-0.2, 0) is 11.8 Å². The summed E-state index contributed by atoms with van der Waals surface area (Å²) in [5.74, 6) is -1.42. The predicted molar refractivity (Wildman–Crippen MR) is 71.7 cm³/mol. The van der Waals surface area contributed by atoms with E-state index in [1.807, 2.05) is 0 Å². The van der Waals surface area contributed by atoms with Crippen molar-refractivity contribution in [2.45, 2.75) is 32.2 Å². The summed E-state index contributed by atoms with van der Waals surface area (Å²) in [4.78, 5) is 36.5. The number of carbonyl (C=O) groups is 3. The van der Waals surface area contributed by atoms with Crippen molar-refractivity contribution in [3.05, 3.63) is 23.5 Å². The Hall–Kier alpha value is -2.11. The number of hydrogen-bond acceptors (Lipinski definition) is 3. The van der Waals surface area contributed by atoms with Gasteiger partial charge in [-0.05, 0) is 32.3 Å². The number of amides is 1. The number of carboxylic acid groups (broad SMARTS) is 1. The van der Waals surface area contributed by atoms with Gasteiger partial charge in [0.05, 0.1) is 0 Å². The molecule has 1 atom stereocenters. The molecule has 6 heteroatoms. The number of ketones is 1. The zero-order chi connectivity index (χ0) is 14.9. The van der Waals surface area contributed by atoms with Crippen LogP contribution in [0.1, 0.15) is 47.0 Å². The number of rotatable bonds is 3. The van der Waals surface area contributed by atoms with Crippen LogP contribution >= 0.6 is 0 Å². The van der Waals surface area contributed by atoms with Gasteiger partial charge < -0.3 is 14.6 Å². The molecule has 0 radical (unpaired) electrons. The van der Waals surface area contributed by atoms with E-state index in [4.69, 9.17) is 0 Å². The van der Waals surface area contributed by atoms with E-state index in [1.165, 1.54) is 17.9 Å². The smallest absolute Gasteiger partial charge is 0.326 e. The van der Waals surface area contributed by atoms with Crippen molar-refractivity contribution in [1.82, 2.24) is 9.47 Å². The topological polar surface area (TPSA) is 79.6 Å². The number of Topliss-reactive ketones (excluding diaryl/α,β-unsaturated/α-hetero) is 1. The van der Waals surface area contributed by atoms with Gasteiger partial charge in [-0.25, -0.2) is 4.79 Å². The number of hydrogen-bond donors (Lipinski definition) is 1. The summed E-state index contributed by atoms with van der Waals surface area (Å²) in [7, 11) is 1.68. The summed E-state index contributed by atoms with van der Waals surface area (Å²) >= 11 is 0. The van der Waals surface area contributed by atoms with Gasteiger partial charge in [0.25, 0.3) is 5.91 Å². The third kappa shape index (κ3) is 2.59. The molecule has 20 heavy (non-hydrogen) atoms. The number of piperidine rings is 1. The second-order valence-corrected chi connectivity index (χ2v) is 5.13. The molecule has 1 saturated heterocycles. The number of aliphatic carboxylic acids is 1. The number of carboxylic acids is 1. The first kappa shape index (κ1) is 14.3. The SMILES string of the molecule is CC(=O)c1cc(C(=O)N2CCCC[C@H]2C(=O)O)n(C)c1. The highest BCUT2D eigenvalue weighted by Crippen LogP contribution is 2.21. The van der Waals surface area contributed by atoms with E-state index >= 15 is 0 Å². The van der Waals surface area contributed by atoms with Crippen molar-refractivity contribution >= 4 is 17.7 Å². The van der Waals surface area contributed by atoms with E-state index in [2.05, 4.69) is 0 Å². The molecule has 1 aromatic heterocycles. The molecule has 6 nitrogen and oxygen atoms in total. The summed E-state index contributed by atoms with van der Waals surface area (Å²) in [6.45, 7) is 1.88. The van der Waals surface area contributed by atoms with Crippen molar-refractivity contribution in [2.24, 2.45) is 7.05 Å². The summed E-state index contributed by atoms with van der Waals surface area (Å²) in [5, 5.41) is 9.21. The highest BCUT2D eigenvalue weighted by Gasteiger charge is 2.33. The highest BCUT2D eigenvalue weighted by molar-refractivity contribution is 6.00. The van der Waals surface area contributed by atoms with Gasteiger partial charge in [-0.15, -0.1) is 0 Å². The molecule has 1 amide bonds. The van der Waals surface area contributed by atoms with Gasteiger partial charge in [-0.3, -0.25) is 9.59 Å². The van der Waals surface area contributed by atoms with Crippen molar-refractivity contribution in [2.75, 3.05) is 6.54 Å². The zero-order valence-electron chi connectivity index (χ0n) is 11.6. The monoisotopic (exact) mass is 278 g/mol. The summed E-state index contributed by atoms with van der Waals surface area (Å²) in [5.41, 5.74) is 0.808. The lowest BCUT2D eigenvalue weighted by Crippen LogP contribution is -2.48. The average Bonchev–Trinajstić information content (AvgIpc) is 2.80. The molecule has 1 aliphatic heterocycles. The largest absolute Gasteiger partial charge is 0.480 e. The Bertz CT molecular complexity index is 562. The minimum atomic E-state index is -0.973. The Morgan fingerprint density at radius 1 is 1.30 bits per heavy atom. The Morgan fingerprint density at radius 3 is 2.55 bits per heavy atom. The van der Waals surface area contributed by atoms with Crippen LogP contribution in [0.2, 0.25) is 0 Å². The van der Waals surface area contributed by atoms with Gasteiger partial charge >= 0.3 is 5.97 Å². The standard InChI is InChI=1S/C14H18N2O4/c1-9(17)10-7-12(15(2)8-10)13(18)16-6-4-3-5-11(16)14(19)20/h7-8,11H,3-6H2,1-2H3,(H,19,20)/t11-/m0/s1. The fourth-order valence-corrected chi connectivity index (χ4v) is 2.55. The minimum Gasteiger partial charge on any atom is -0.480 e. The van der Waals surface area contributed by atoms with Gasteiger partial charge in [0.1, 0.15) is 11.7 Å². The van der Waals surface area contributed by atoms with Crippen LogP contribution in [0.25, 0.3) is 0 Å². The molecule has 0 aromatic carbocycles. The van der Waals surface area contributed by atoms with E-state index in [0.717, 1.165) is 12.8 Å². The van der Waals surface area contributed by atoms with Crippen LogP contribution in [0, 0.1) is 0 Å². The maximum Gasteiger partial charge on any atom is 0.326 e. The second-order valence-electron chi connectivity index (χ2n) is 5.13. The lowest BCUT2D eigenvalue weighted by Gasteiger charge is -2.32. The summed E-state index contributed by atoms with van der Waals surface area (Å²) in [6.07, 6.45) is 3.69. The molecule has 1 fully saturated rings. The maximum atomic E-state index is 12.5. The van der Waals surface area contributed by atoms with Crippen LogP contribution in [0.3, 0.4) is 0 Å². The average molecular weight is 278 g/mol. The fourth-order valence-electron chi connectivity index (χ4n) is 2.55. The van der Waals surface area contributed by atoms with Gasteiger partial charge in [-0.2, -0.15) is 0 Å². The number of carbonyl (C=O) groups excluding carboxylic acids is 2. The molecule has 1 aliphatic rings. The van der Waals surface area contributed by atoms with Gasteiger partial charge in [0, 0.05) is 25.4 Å². The number of aromatic nitrogens is 1. The molecule has 0 unspecified atom stereocenters. The first-order valence-electron chi connectivity index (χ1n) is 6.63. The van der Waals surface area contributed by atoms with Crippen LogP contribution in [-0.4, -0.2) is 44.8 Å². The Morgan fingerprint density at radius 2 is 2.00 bits per heavy atom. The quantitative estimate of drug-likeness (QED) is 0.845. The molecule has 108 valence electrons. The predicted octanol–water partition coefficient (Wildman–Crippen LogP) is 1.31. The summed E-state index contributed by atoms with van der Waals surface area (Å²) in [6, 6.07) is 0.755. The van der Waals surface area contributed by atoms with Crippen LogP contribution in [0.15, 0.2) is 12.3 Å². The Kier molecular flexibility index (Phi) is 3.92. The molecular formula is C14H18N2O4. The van der Waals surface area contributed by atoms with Crippen LogP contribution in [0.4, 0.5) is 0 Å². The van der Waals surface area contributed by atoms with Crippen molar-refractivity contribution in [1.29, 1.82) is 0 Å². The molecule has 1 aromatic rings. The van der Waals surface area contributed by atoms with Crippen LogP contribution < -0.4 is 0 Å². The normalized spacial score (nSPS) is 18.9. The minimum absolute atomic E-state index is 0.118. The van der Waals surface area contributed by atoms with E-state index in [0.29, 0.717) is 24.2 Å². The van der Waals surface area contributed by atoms with Gasteiger partial charge in [-0.1, -0.05) is 0 Å². The Labute approximate surface area is 117 Å². The van der Waals surface area contributed by atoms with E-state index < -0.39 is 12.0 Å². The number of aryl methyl sites for hydroxylation is 1. The molecule has 2 heterocycles. The molecule has 2 rings (SSSR count). The first-order valence-corrected chi connectivity index (χ1v) is 6.63. The summed E-state index contributed by atoms with van der Waals surface area (Å²) < 4.78 is 1.58. The molecular weight excluding hydrogens is 260 g/mol. The van der Waals surface area contributed by atoms with Gasteiger partial charge in [0.15, 0.2) is 5.78 Å². The van der Waals surface area contributed by atoms with Crippen molar-refractivity contribution in [3.8, 4) is 0 Å². The number of likely N-dealkylation sites (tertiary alicyclic amines) is 1. The lowest BCUT2D eigenvalue weighted by molar-refractivity contribution is -0.143.